The molecule has 0 spiro atoms. The minimum atomic E-state index is -0.508. The second-order valence-corrected chi connectivity index (χ2v) is 4.65. The molecule has 0 aliphatic heterocycles. The van der Waals surface area contributed by atoms with E-state index in [9.17, 15) is 10.1 Å². The van der Waals surface area contributed by atoms with Gasteiger partial charge in [0.15, 0.2) is 0 Å². The van der Waals surface area contributed by atoms with E-state index in [-0.39, 0.29) is 11.3 Å². The summed E-state index contributed by atoms with van der Waals surface area (Å²) in [7, 11) is 0. The zero-order valence-electron chi connectivity index (χ0n) is 11.6. The molecular weight excluding hydrogens is 270 g/mol. The van der Waals surface area contributed by atoms with Gasteiger partial charge in [-0.3, -0.25) is 15.2 Å². The lowest BCUT2D eigenvalue weighted by atomic mass is 10.1. The van der Waals surface area contributed by atoms with Crippen LogP contribution in [0.3, 0.4) is 0 Å². The Hall–Kier alpha value is -2.88. The van der Waals surface area contributed by atoms with Gasteiger partial charge in [-0.2, -0.15) is 10.4 Å². The summed E-state index contributed by atoms with van der Waals surface area (Å²) in [6.07, 6.45) is 3.56. The number of aromatic amines is 1. The summed E-state index contributed by atoms with van der Waals surface area (Å²) in [5.74, 6) is 0. The summed E-state index contributed by atoms with van der Waals surface area (Å²) in [6, 6.07) is 6.21. The molecule has 7 heteroatoms. The van der Waals surface area contributed by atoms with Gasteiger partial charge in [0.25, 0.3) is 5.69 Å². The average Bonchev–Trinajstić information content (AvgIpc) is 2.88. The number of nitriles is 1. The van der Waals surface area contributed by atoms with Crippen molar-refractivity contribution in [1.82, 2.24) is 10.2 Å². The molecule has 1 aromatic carbocycles. The fourth-order valence-electron chi connectivity index (χ4n) is 2.02. The molecule has 1 aromatic heterocycles. The summed E-state index contributed by atoms with van der Waals surface area (Å²) in [5.41, 5.74) is 3.05. The molecule has 0 unspecified atom stereocenters. The van der Waals surface area contributed by atoms with Gasteiger partial charge in [0.1, 0.15) is 6.07 Å². The molecule has 108 valence electrons. The second-order valence-electron chi connectivity index (χ2n) is 4.65. The molecule has 0 aliphatic rings. The zero-order chi connectivity index (χ0) is 15.2. The smallest absolute Gasteiger partial charge is 0.270 e. The monoisotopic (exact) mass is 285 g/mol. The van der Waals surface area contributed by atoms with Crippen LogP contribution >= 0.6 is 0 Å². The van der Waals surface area contributed by atoms with Crippen molar-refractivity contribution >= 4 is 11.4 Å². The first kappa shape index (κ1) is 14.5. The number of nitrogens with one attached hydrogen (secondary N) is 2. The second kappa shape index (κ2) is 6.52. The van der Waals surface area contributed by atoms with Crippen molar-refractivity contribution in [3.63, 3.8) is 0 Å². The number of aryl methyl sites for hydroxylation is 2. The first-order valence-corrected chi connectivity index (χ1v) is 6.53. The van der Waals surface area contributed by atoms with E-state index in [1.807, 2.05) is 19.2 Å². The SMILES string of the molecule is Cc1[nH]ncc1CCCNc1ccc([N+](=O)[O-])cc1C#N. The Labute approximate surface area is 121 Å². The lowest BCUT2D eigenvalue weighted by Gasteiger charge is -2.07. The van der Waals surface area contributed by atoms with Crippen molar-refractivity contribution in [2.75, 3.05) is 11.9 Å². The minimum Gasteiger partial charge on any atom is -0.384 e. The Kier molecular flexibility index (Phi) is 4.51. The number of nitro benzene ring substituents is 1. The molecule has 2 N–H and O–H groups in total. The normalized spacial score (nSPS) is 10.1. The largest absolute Gasteiger partial charge is 0.384 e. The van der Waals surface area contributed by atoms with Gasteiger partial charge in [0.05, 0.1) is 22.4 Å². The number of benzene rings is 1. The highest BCUT2D eigenvalue weighted by Gasteiger charge is 2.10. The zero-order valence-corrected chi connectivity index (χ0v) is 11.6. The van der Waals surface area contributed by atoms with Crippen molar-refractivity contribution < 1.29 is 4.92 Å². The van der Waals surface area contributed by atoms with Crippen LogP contribution in [0.2, 0.25) is 0 Å². The Morgan fingerprint density at radius 1 is 1.52 bits per heavy atom. The Morgan fingerprint density at radius 2 is 2.33 bits per heavy atom. The van der Waals surface area contributed by atoms with Gasteiger partial charge in [-0.25, -0.2) is 0 Å². The maximum absolute atomic E-state index is 10.7. The van der Waals surface area contributed by atoms with Crippen LogP contribution in [0.4, 0.5) is 11.4 Å². The van der Waals surface area contributed by atoms with Crippen molar-refractivity contribution in [3.8, 4) is 6.07 Å². The van der Waals surface area contributed by atoms with E-state index in [1.165, 1.54) is 17.7 Å². The first-order valence-electron chi connectivity index (χ1n) is 6.53. The standard InChI is InChI=1S/C14H15N5O2/c1-10-11(9-17-18-10)3-2-6-16-14-5-4-13(19(20)21)7-12(14)8-15/h4-5,7,9,16H,2-3,6H2,1H3,(H,17,18). The van der Waals surface area contributed by atoms with Crippen molar-refractivity contribution in [3.05, 3.63) is 51.3 Å². The summed E-state index contributed by atoms with van der Waals surface area (Å²) in [5, 5.41) is 29.7. The molecular formula is C14H15N5O2. The molecule has 7 nitrogen and oxygen atoms in total. The van der Waals surface area contributed by atoms with Gasteiger partial charge >= 0.3 is 0 Å². The summed E-state index contributed by atoms with van der Waals surface area (Å²) >= 11 is 0. The van der Waals surface area contributed by atoms with E-state index < -0.39 is 4.92 Å². The van der Waals surface area contributed by atoms with E-state index in [0.29, 0.717) is 12.2 Å². The quantitative estimate of drug-likeness (QED) is 0.481. The molecule has 0 radical (unpaired) electrons. The number of nitro groups is 1. The highest BCUT2D eigenvalue weighted by atomic mass is 16.6. The molecule has 21 heavy (non-hydrogen) atoms. The Morgan fingerprint density at radius 3 is 2.95 bits per heavy atom. The van der Waals surface area contributed by atoms with E-state index in [2.05, 4.69) is 15.5 Å². The third-order valence-corrected chi connectivity index (χ3v) is 3.21. The molecule has 0 aliphatic carbocycles. The van der Waals surface area contributed by atoms with Crippen LogP contribution in [-0.2, 0) is 6.42 Å². The number of anilines is 1. The van der Waals surface area contributed by atoms with Crippen molar-refractivity contribution in [1.29, 1.82) is 5.26 Å². The number of non-ortho nitro benzene ring substituents is 1. The van der Waals surface area contributed by atoms with Gasteiger partial charge in [0.2, 0.25) is 0 Å². The fraction of sp³-hybridized carbons (Fsp3) is 0.286. The Bertz CT molecular complexity index is 687. The highest BCUT2D eigenvalue weighted by molar-refractivity contribution is 5.61. The fourth-order valence-corrected chi connectivity index (χ4v) is 2.02. The lowest BCUT2D eigenvalue weighted by molar-refractivity contribution is -0.384. The van der Waals surface area contributed by atoms with Crippen LogP contribution in [0.5, 0.6) is 0 Å². The molecule has 0 bridgehead atoms. The third-order valence-electron chi connectivity index (χ3n) is 3.21. The third kappa shape index (κ3) is 3.57. The van der Waals surface area contributed by atoms with E-state index in [4.69, 9.17) is 5.26 Å². The molecule has 0 saturated heterocycles. The summed E-state index contributed by atoms with van der Waals surface area (Å²) in [4.78, 5) is 10.2. The molecule has 1 heterocycles. The van der Waals surface area contributed by atoms with Crippen LogP contribution in [0.1, 0.15) is 23.2 Å². The van der Waals surface area contributed by atoms with E-state index in [0.717, 1.165) is 18.5 Å². The molecule has 2 rings (SSSR count). The predicted octanol–water partition coefficient (Wildman–Crippen LogP) is 2.54. The van der Waals surface area contributed by atoms with Gasteiger partial charge in [0, 0.05) is 24.4 Å². The van der Waals surface area contributed by atoms with Crippen LogP contribution in [-0.4, -0.2) is 21.7 Å². The van der Waals surface area contributed by atoms with Crippen LogP contribution in [0.15, 0.2) is 24.4 Å². The number of H-pyrrole nitrogens is 1. The highest BCUT2D eigenvalue weighted by Crippen LogP contribution is 2.21. The van der Waals surface area contributed by atoms with E-state index >= 15 is 0 Å². The topological polar surface area (TPSA) is 108 Å². The molecule has 0 saturated carbocycles. The molecule has 0 atom stereocenters. The number of nitrogens with zero attached hydrogens (tertiary/aromatic N) is 3. The number of hydrogen-bond acceptors (Lipinski definition) is 5. The maximum Gasteiger partial charge on any atom is 0.270 e. The summed E-state index contributed by atoms with van der Waals surface area (Å²) < 4.78 is 0. The lowest BCUT2D eigenvalue weighted by Crippen LogP contribution is -2.05. The van der Waals surface area contributed by atoms with Crippen LogP contribution in [0.25, 0.3) is 0 Å². The van der Waals surface area contributed by atoms with Crippen LogP contribution in [0, 0.1) is 28.4 Å². The van der Waals surface area contributed by atoms with Crippen molar-refractivity contribution in [2.45, 2.75) is 19.8 Å². The number of aromatic nitrogens is 2. The molecule has 2 aromatic rings. The maximum atomic E-state index is 10.7. The van der Waals surface area contributed by atoms with Crippen molar-refractivity contribution in [2.24, 2.45) is 0 Å². The Balaban J connectivity index is 1.93. The average molecular weight is 285 g/mol. The minimum absolute atomic E-state index is 0.0777. The van der Waals surface area contributed by atoms with Gasteiger partial charge in [-0.1, -0.05) is 0 Å². The number of hydrogen-bond donors (Lipinski definition) is 2. The summed E-state index contributed by atoms with van der Waals surface area (Å²) in [6.45, 7) is 2.65. The number of rotatable bonds is 6. The van der Waals surface area contributed by atoms with Crippen LogP contribution < -0.4 is 5.32 Å². The molecule has 0 fully saturated rings. The van der Waals surface area contributed by atoms with Gasteiger partial charge in [-0.05, 0) is 31.4 Å². The van der Waals surface area contributed by atoms with Gasteiger partial charge in [-0.15, -0.1) is 0 Å². The molecule has 0 amide bonds. The predicted molar refractivity (Wildman–Crippen MR) is 77.9 cm³/mol. The van der Waals surface area contributed by atoms with Gasteiger partial charge < -0.3 is 5.32 Å². The van der Waals surface area contributed by atoms with E-state index in [1.54, 1.807) is 6.07 Å². The first-order chi connectivity index (χ1) is 10.1.